The average Bonchev–Trinajstić information content (AvgIpc) is 3.56. The average molecular weight is 460 g/mol. The zero-order chi connectivity index (χ0) is 19.6. The minimum absolute atomic E-state index is 0. The van der Waals surface area contributed by atoms with Gasteiger partial charge in [-0.15, -0.1) is 29.9 Å². The Morgan fingerprint density at radius 3 is 2.19 bits per heavy atom. The number of amidine groups is 2. The summed E-state index contributed by atoms with van der Waals surface area (Å²) in [6, 6.07) is 14.1. The van der Waals surface area contributed by atoms with Gasteiger partial charge in [0.2, 0.25) is 0 Å². The van der Waals surface area contributed by atoms with Crippen LogP contribution in [0.4, 0.5) is 0 Å². The summed E-state index contributed by atoms with van der Waals surface area (Å²) in [6.07, 6.45) is 1.91. The molecule has 1 aromatic heterocycles. The molecule has 0 radical (unpaired) electrons. The molecule has 0 bridgehead atoms. The van der Waals surface area contributed by atoms with Gasteiger partial charge in [0.25, 0.3) is 0 Å². The summed E-state index contributed by atoms with van der Waals surface area (Å²) in [5.41, 5.74) is 4.65. The minimum atomic E-state index is 0. The van der Waals surface area contributed by atoms with Crippen molar-refractivity contribution >= 4 is 36.5 Å². The number of hydrogen-bond donors (Lipinski definition) is 2. The van der Waals surface area contributed by atoms with Crippen molar-refractivity contribution in [1.29, 1.82) is 0 Å². The summed E-state index contributed by atoms with van der Waals surface area (Å²) in [6.45, 7) is 3.35. The van der Waals surface area contributed by atoms with E-state index in [-0.39, 0.29) is 24.8 Å². The van der Waals surface area contributed by atoms with Gasteiger partial charge in [0, 0.05) is 29.8 Å². The van der Waals surface area contributed by atoms with E-state index >= 15 is 0 Å². The molecule has 5 rings (SSSR count). The lowest BCUT2D eigenvalue weighted by Crippen LogP contribution is -2.19. The first-order valence-electron chi connectivity index (χ1n) is 9.60. The first-order valence-corrected chi connectivity index (χ1v) is 9.60. The summed E-state index contributed by atoms with van der Waals surface area (Å²) in [5.74, 6) is 2.55. The van der Waals surface area contributed by atoms with Crippen molar-refractivity contribution in [3.63, 3.8) is 0 Å². The van der Waals surface area contributed by atoms with Crippen molar-refractivity contribution < 1.29 is 4.74 Å². The van der Waals surface area contributed by atoms with Crippen molar-refractivity contribution in [2.75, 3.05) is 33.3 Å². The number of ether oxygens (including phenoxy) is 1. The van der Waals surface area contributed by atoms with Gasteiger partial charge in [-0.25, -0.2) is 4.68 Å². The Kier molecular flexibility index (Phi) is 7.14. The molecule has 10 heteroatoms. The summed E-state index contributed by atoms with van der Waals surface area (Å²) < 4.78 is 7.29. The molecular formula is C21H23Cl2N7O. The van der Waals surface area contributed by atoms with Crippen LogP contribution in [-0.4, -0.2) is 60.0 Å². The molecule has 0 saturated carbocycles. The molecule has 0 saturated heterocycles. The number of methoxy groups -OCH3 is 1. The third kappa shape index (κ3) is 4.50. The van der Waals surface area contributed by atoms with Crippen LogP contribution < -0.4 is 15.4 Å². The first kappa shape index (κ1) is 22.6. The van der Waals surface area contributed by atoms with Crippen molar-refractivity contribution in [1.82, 2.24) is 25.6 Å². The van der Waals surface area contributed by atoms with Crippen LogP contribution in [0.15, 0.2) is 58.6 Å². The molecule has 0 atom stereocenters. The zero-order valence-electron chi connectivity index (χ0n) is 16.9. The fourth-order valence-corrected chi connectivity index (χ4v) is 3.54. The van der Waals surface area contributed by atoms with Gasteiger partial charge in [0.15, 0.2) is 0 Å². The van der Waals surface area contributed by atoms with Crippen molar-refractivity contribution in [3.05, 3.63) is 59.8 Å². The van der Waals surface area contributed by atoms with Crippen molar-refractivity contribution in [3.8, 4) is 22.7 Å². The summed E-state index contributed by atoms with van der Waals surface area (Å²) in [5, 5.41) is 15.3. The molecule has 3 aromatic rings. The molecule has 2 aromatic carbocycles. The van der Waals surface area contributed by atoms with E-state index in [1.54, 1.807) is 11.8 Å². The second-order valence-corrected chi connectivity index (χ2v) is 6.83. The van der Waals surface area contributed by atoms with E-state index in [1.165, 1.54) is 0 Å². The zero-order valence-corrected chi connectivity index (χ0v) is 18.5. The number of rotatable bonds is 5. The predicted octanol–water partition coefficient (Wildman–Crippen LogP) is 2.49. The van der Waals surface area contributed by atoms with Crippen LogP contribution in [0.2, 0.25) is 0 Å². The van der Waals surface area contributed by atoms with E-state index in [2.05, 4.69) is 37.0 Å². The number of halogens is 2. The van der Waals surface area contributed by atoms with E-state index < -0.39 is 0 Å². The van der Waals surface area contributed by atoms with Gasteiger partial charge < -0.3 is 15.4 Å². The monoisotopic (exact) mass is 459 g/mol. The Labute approximate surface area is 192 Å². The van der Waals surface area contributed by atoms with E-state index in [1.807, 2.05) is 42.6 Å². The van der Waals surface area contributed by atoms with Gasteiger partial charge in [-0.1, -0.05) is 23.4 Å². The Bertz CT molecular complexity index is 1130. The lowest BCUT2D eigenvalue weighted by molar-refractivity contribution is 0.411. The van der Waals surface area contributed by atoms with Crippen LogP contribution in [-0.2, 0) is 0 Å². The topological polar surface area (TPSA) is 88.7 Å². The maximum atomic E-state index is 5.55. The van der Waals surface area contributed by atoms with Crippen LogP contribution in [0.25, 0.3) is 16.9 Å². The molecule has 0 aliphatic carbocycles. The third-order valence-electron chi connectivity index (χ3n) is 4.97. The molecule has 2 aliphatic rings. The standard InChI is InChI=1S/C21H21N7O.2ClH/c1-29-19-6-5-16(21-24-9-10-25-21)12-18(19)28-13-17(26-27-28)14-3-2-4-15(11-14)20-22-7-8-23-20;;/h2-6,11-13H,7-10H2,1H3,(H,22,23)(H,24,25);2*1H. The van der Waals surface area contributed by atoms with Gasteiger partial charge in [-0.05, 0) is 24.3 Å². The lowest BCUT2D eigenvalue weighted by atomic mass is 10.1. The molecule has 0 spiro atoms. The molecule has 162 valence electrons. The highest BCUT2D eigenvalue weighted by Gasteiger charge is 2.15. The first-order chi connectivity index (χ1) is 14.3. The van der Waals surface area contributed by atoms with Crippen molar-refractivity contribution in [2.45, 2.75) is 0 Å². The number of aliphatic imine (C=N–C) groups is 2. The third-order valence-corrected chi connectivity index (χ3v) is 4.97. The smallest absolute Gasteiger partial charge is 0.144 e. The fraction of sp³-hybridized carbons (Fsp3) is 0.238. The minimum Gasteiger partial charge on any atom is -0.494 e. The summed E-state index contributed by atoms with van der Waals surface area (Å²) in [4.78, 5) is 8.99. The van der Waals surface area contributed by atoms with E-state index in [0.29, 0.717) is 0 Å². The highest BCUT2D eigenvalue weighted by molar-refractivity contribution is 6.01. The lowest BCUT2D eigenvalue weighted by Gasteiger charge is -2.10. The number of aromatic nitrogens is 3. The number of benzene rings is 2. The van der Waals surface area contributed by atoms with Gasteiger partial charge in [0.1, 0.15) is 28.8 Å². The van der Waals surface area contributed by atoms with Gasteiger partial charge >= 0.3 is 0 Å². The van der Waals surface area contributed by atoms with Gasteiger partial charge in [-0.2, -0.15) is 0 Å². The molecule has 31 heavy (non-hydrogen) atoms. The molecule has 0 fully saturated rings. The second kappa shape index (κ2) is 9.80. The molecule has 0 amide bonds. The quantitative estimate of drug-likeness (QED) is 0.611. The Morgan fingerprint density at radius 1 is 0.871 bits per heavy atom. The van der Waals surface area contributed by atoms with Crippen LogP contribution in [0.3, 0.4) is 0 Å². The second-order valence-electron chi connectivity index (χ2n) is 6.83. The number of nitrogens with zero attached hydrogens (tertiary/aromatic N) is 5. The highest BCUT2D eigenvalue weighted by Crippen LogP contribution is 2.26. The van der Waals surface area contributed by atoms with E-state index in [4.69, 9.17) is 4.74 Å². The molecule has 0 unspecified atom stereocenters. The van der Waals surface area contributed by atoms with E-state index in [9.17, 15) is 0 Å². The Balaban J connectivity index is 0.00000136. The number of hydrogen-bond acceptors (Lipinski definition) is 7. The van der Waals surface area contributed by atoms with Gasteiger partial charge in [0.05, 0.1) is 26.4 Å². The maximum Gasteiger partial charge on any atom is 0.144 e. The van der Waals surface area contributed by atoms with Gasteiger partial charge in [-0.3, -0.25) is 9.98 Å². The highest BCUT2D eigenvalue weighted by atomic mass is 35.5. The summed E-state index contributed by atoms with van der Waals surface area (Å²) in [7, 11) is 1.65. The Hall–Kier alpha value is -3.10. The van der Waals surface area contributed by atoms with Crippen molar-refractivity contribution in [2.24, 2.45) is 9.98 Å². The van der Waals surface area contributed by atoms with Crippen LogP contribution in [0.1, 0.15) is 11.1 Å². The molecule has 3 heterocycles. The predicted molar refractivity (Wildman–Crippen MR) is 127 cm³/mol. The maximum absolute atomic E-state index is 5.55. The normalized spacial score (nSPS) is 14.5. The largest absolute Gasteiger partial charge is 0.494 e. The number of nitrogens with one attached hydrogen (secondary N) is 2. The SMILES string of the molecule is COc1ccc(C2=NCCN2)cc1-n1cc(-c2cccc(C3=NCCN3)c2)nn1.Cl.Cl. The Morgan fingerprint density at radius 2 is 1.55 bits per heavy atom. The molecular weight excluding hydrogens is 437 g/mol. The van der Waals surface area contributed by atoms with E-state index in [0.717, 1.165) is 71.7 Å². The van der Waals surface area contributed by atoms with Crippen LogP contribution >= 0.6 is 24.8 Å². The van der Waals surface area contributed by atoms with Crippen LogP contribution in [0.5, 0.6) is 5.75 Å². The fourth-order valence-electron chi connectivity index (χ4n) is 3.54. The molecule has 2 aliphatic heterocycles. The van der Waals surface area contributed by atoms with Crippen LogP contribution in [0, 0.1) is 0 Å². The summed E-state index contributed by atoms with van der Waals surface area (Å²) >= 11 is 0. The molecule has 2 N–H and O–H groups in total. The molecule has 8 nitrogen and oxygen atoms in total.